The van der Waals surface area contributed by atoms with E-state index in [1.807, 2.05) is 0 Å². The van der Waals surface area contributed by atoms with Gasteiger partial charge >= 0.3 is 0 Å². The van der Waals surface area contributed by atoms with Crippen molar-refractivity contribution >= 4 is 23.4 Å². The minimum absolute atomic E-state index is 0.465. The van der Waals surface area contributed by atoms with Crippen LogP contribution in [0.2, 0.25) is 5.02 Å². The van der Waals surface area contributed by atoms with E-state index in [1.54, 1.807) is 11.8 Å². The van der Waals surface area contributed by atoms with Crippen molar-refractivity contribution in [3.63, 3.8) is 0 Å². The van der Waals surface area contributed by atoms with Crippen LogP contribution in [-0.2, 0) is 6.54 Å². The lowest BCUT2D eigenvalue weighted by Gasteiger charge is -2.11. The fourth-order valence-electron chi connectivity index (χ4n) is 1.85. The Labute approximate surface area is 130 Å². The molecule has 0 heterocycles. The van der Waals surface area contributed by atoms with Crippen LogP contribution in [0.15, 0.2) is 52.3 Å². The fraction of sp³-hybridized carbons (Fsp3) is 0.294. The van der Waals surface area contributed by atoms with Crippen LogP contribution in [0.3, 0.4) is 0 Å². The summed E-state index contributed by atoms with van der Waals surface area (Å²) in [5.41, 5.74) is 2.44. The highest BCUT2D eigenvalue weighted by Gasteiger charge is 2.05. The standard InChI is InChI=1S/C17H20ClNS/c1-12(2)19-11-14-8-9-15(10-16(14)18)20-17-7-5-4-6-13(17)3/h4-10,12,19H,11H2,1-3H3. The van der Waals surface area contributed by atoms with Crippen molar-refractivity contribution in [1.82, 2.24) is 5.32 Å². The smallest absolute Gasteiger partial charge is 0.0462 e. The lowest BCUT2D eigenvalue weighted by Crippen LogP contribution is -2.21. The van der Waals surface area contributed by atoms with E-state index >= 15 is 0 Å². The van der Waals surface area contributed by atoms with Gasteiger partial charge < -0.3 is 5.32 Å². The normalized spacial score (nSPS) is 11.1. The van der Waals surface area contributed by atoms with Crippen LogP contribution in [0.1, 0.15) is 25.0 Å². The van der Waals surface area contributed by atoms with Crippen LogP contribution in [0.25, 0.3) is 0 Å². The second-order valence-electron chi connectivity index (χ2n) is 5.16. The number of halogens is 1. The van der Waals surface area contributed by atoms with E-state index in [9.17, 15) is 0 Å². The molecule has 0 aliphatic carbocycles. The molecule has 20 heavy (non-hydrogen) atoms. The number of rotatable bonds is 5. The molecule has 0 saturated heterocycles. The van der Waals surface area contributed by atoms with Crippen LogP contribution in [-0.4, -0.2) is 6.04 Å². The van der Waals surface area contributed by atoms with Gasteiger partial charge in [-0.2, -0.15) is 0 Å². The minimum atomic E-state index is 0.465. The van der Waals surface area contributed by atoms with Crippen LogP contribution in [0.5, 0.6) is 0 Å². The second kappa shape index (κ2) is 7.16. The van der Waals surface area contributed by atoms with Crippen LogP contribution in [0, 0.1) is 6.92 Å². The Morgan fingerprint density at radius 2 is 1.90 bits per heavy atom. The summed E-state index contributed by atoms with van der Waals surface area (Å²) in [5, 5.41) is 4.22. The predicted octanol–water partition coefficient (Wildman–Crippen LogP) is 5.30. The van der Waals surface area contributed by atoms with Gasteiger partial charge in [0.15, 0.2) is 0 Å². The van der Waals surface area contributed by atoms with Crippen molar-refractivity contribution < 1.29 is 0 Å². The van der Waals surface area contributed by atoms with E-state index in [0.717, 1.165) is 17.1 Å². The van der Waals surface area contributed by atoms with E-state index in [-0.39, 0.29) is 0 Å². The Morgan fingerprint density at radius 3 is 2.55 bits per heavy atom. The van der Waals surface area contributed by atoms with Gasteiger partial charge in [-0.25, -0.2) is 0 Å². The van der Waals surface area contributed by atoms with E-state index in [4.69, 9.17) is 11.6 Å². The van der Waals surface area contributed by atoms with Gasteiger partial charge in [-0.05, 0) is 36.2 Å². The molecule has 0 bridgehead atoms. The Kier molecular flexibility index (Phi) is 5.53. The second-order valence-corrected chi connectivity index (χ2v) is 6.68. The first-order chi connectivity index (χ1) is 9.56. The number of nitrogens with one attached hydrogen (secondary N) is 1. The summed E-state index contributed by atoms with van der Waals surface area (Å²) < 4.78 is 0. The molecule has 0 aromatic heterocycles. The summed E-state index contributed by atoms with van der Waals surface area (Å²) in [5.74, 6) is 0. The SMILES string of the molecule is Cc1ccccc1Sc1ccc(CNC(C)C)c(Cl)c1. The zero-order valence-electron chi connectivity index (χ0n) is 12.1. The molecule has 0 amide bonds. The Hall–Kier alpha value is -0.960. The summed E-state index contributed by atoms with van der Waals surface area (Å²) in [7, 11) is 0. The monoisotopic (exact) mass is 305 g/mol. The molecule has 2 rings (SSSR count). The molecule has 0 fully saturated rings. The Bertz CT molecular complexity index is 581. The quantitative estimate of drug-likeness (QED) is 0.804. The molecule has 0 atom stereocenters. The number of benzene rings is 2. The van der Waals surface area contributed by atoms with Gasteiger partial charge in [-0.1, -0.05) is 61.5 Å². The van der Waals surface area contributed by atoms with Gasteiger partial charge in [0.2, 0.25) is 0 Å². The third-order valence-electron chi connectivity index (χ3n) is 3.05. The summed E-state index contributed by atoms with van der Waals surface area (Å²) in [4.78, 5) is 2.45. The minimum Gasteiger partial charge on any atom is -0.310 e. The third-order valence-corrected chi connectivity index (χ3v) is 4.57. The van der Waals surface area contributed by atoms with Crippen LogP contribution >= 0.6 is 23.4 Å². The molecule has 2 aromatic rings. The topological polar surface area (TPSA) is 12.0 Å². The third kappa shape index (κ3) is 4.27. The molecule has 0 aliphatic heterocycles. The number of hydrogen-bond acceptors (Lipinski definition) is 2. The van der Waals surface area contributed by atoms with Gasteiger partial charge in [-0.3, -0.25) is 0 Å². The lowest BCUT2D eigenvalue weighted by atomic mass is 10.2. The molecular formula is C17H20ClNS. The lowest BCUT2D eigenvalue weighted by molar-refractivity contribution is 0.589. The highest BCUT2D eigenvalue weighted by Crippen LogP contribution is 2.32. The Balaban J connectivity index is 2.11. The van der Waals surface area contributed by atoms with Crippen molar-refractivity contribution in [1.29, 1.82) is 0 Å². The first-order valence-electron chi connectivity index (χ1n) is 6.81. The molecule has 2 aromatic carbocycles. The molecule has 0 saturated carbocycles. The molecule has 0 unspecified atom stereocenters. The highest BCUT2D eigenvalue weighted by atomic mass is 35.5. The largest absolute Gasteiger partial charge is 0.310 e. The van der Waals surface area contributed by atoms with Gasteiger partial charge in [0.25, 0.3) is 0 Å². The van der Waals surface area contributed by atoms with Gasteiger partial charge in [-0.15, -0.1) is 0 Å². The maximum absolute atomic E-state index is 6.37. The molecule has 0 radical (unpaired) electrons. The van der Waals surface area contributed by atoms with Crippen molar-refractivity contribution in [2.75, 3.05) is 0 Å². The maximum Gasteiger partial charge on any atom is 0.0462 e. The van der Waals surface area contributed by atoms with Crippen molar-refractivity contribution in [3.05, 3.63) is 58.6 Å². The molecular weight excluding hydrogens is 286 g/mol. The summed E-state index contributed by atoms with van der Waals surface area (Å²) in [6.07, 6.45) is 0. The molecule has 1 nitrogen and oxygen atoms in total. The van der Waals surface area contributed by atoms with Gasteiger partial charge in [0.1, 0.15) is 0 Å². The van der Waals surface area contributed by atoms with Gasteiger partial charge in [0.05, 0.1) is 0 Å². The van der Waals surface area contributed by atoms with Crippen molar-refractivity contribution in [3.8, 4) is 0 Å². The average Bonchev–Trinajstić information content (AvgIpc) is 2.40. The maximum atomic E-state index is 6.37. The molecule has 3 heteroatoms. The zero-order valence-corrected chi connectivity index (χ0v) is 13.7. The highest BCUT2D eigenvalue weighted by molar-refractivity contribution is 7.99. The Morgan fingerprint density at radius 1 is 1.15 bits per heavy atom. The zero-order chi connectivity index (χ0) is 14.5. The average molecular weight is 306 g/mol. The summed E-state index contributed by atoms with van der Waals surface area (Å²) >= 11 is 8.12. The van der Waals surface area contributed by atoms with E-state index in [0.29, 0.717) is 6.04 Å². The predicted molar refractivity (Wildman–Crippen MR) is 88.7 cm³/mol. The van der Waals surface area contributed by atoms with Crippen LogP contribution in [0.4, 0.5) is 0 Å². The first kappa shape index (κ1) is 15.4. The summed E-state index contributed by atoms with van der Waals surface area (Å²) in [6, 6.07) is 15.2. The molecule has 1 N–H and O–H groups in total. The number of aryl methyl sites for hydroxylation is 1. The van der Waals surface area contributed by atoms with E-state index in [2.05, 4.69) is 68.6 Å². The van der Waals surface area contributed by atoms with Gasteiger partial charge in [0, 0.05) is 27.4 Å². The first-order valence-corrected chi connectivity index (χ1v) is 8.01. The molecule has 106 valence electrons. The van der Waals surface area contributed by atoms with Crippen LogP contribution < -0.4 is 5.32 Å². The number of hydrogen-bond donors (Lipinski definition) is 1. The van der Waals surface area contributed by atoms with E-state index < -0.39 is 0 Å². The summed E-state index contributed by atoms with van der Waals surface area (Å²) in [6.45, 7) is 7.21. The van der Waals surface area contributed by atoms with E-state index in [1.165, 1.54) is 15.4 Å². The van der Waals surface area contributed by atoms with Crippen molar-refractivity contribution in [2.45, 2.75) is 43.1 Å². The molecule has 0 spiro atoms. The van der Waals surface area contributed by atoms with Crippen molar-refractivity contribution in [2.24, 2.45) is 0 Å². The fourth-order valence-corrected chi connectivity index (χ4v) is 3.10. The molecule has 0 aliphatic rings.